The summed E-state index contributed by atoms with van der Waals surface area (Å²) in [6.45, 7) is 5.22. The first-order valence-electron chi connectivity index (χ1n) is 4.37. The van der Waals surface area contributed by atoms with Crippen LogP contribution in [0.25, 0.3) is 0 Å². The molecule has 0 aromatic heterocycles. The zero-order chi connectivity index (χ0) is 9.90. The highest BCUT2D eigenvalue weighted by molar-refractivity contribution is 5.16. The second-order valence-corrected chi connectivity index (χ2v) is 3.65. The first kappa shape index (κ1) is 10.2. The standard InChI is InChI=1S/C11H16NO/c1-11(2,13)10(12)8-9-6-4-3-5-7-9/h3-7,10,13H,1,8,12H2,2H3. The summed E-state index contributed by atoms with van der Waals surface area (Å²) in [7, 11) is 0. The second kappa shape index (κ2) is 3.90. The molecule has 0 aliphatic heterocycles. The quantitative estimate of drug-likeness (QED) is 0.729. The molecule has 0 aliphatic carbocycles. The molecule has 0 saturated heterocycles. The lowest BCUT2D eigenvalue weighted by atomic mass is 9.93. The van der Waals surface area contributed by atoms with Gasteiger partial charge in [-0.05, 0) is 25.8 Å². The van der Waals surface area contributed by atoms with Gasteiger partial charge in [-0.25, -0.2) is 0 Å². The van der Waals surface area contributed by atoms with Crippen LogP contribution in [0.2, 0.25) is 0 Å². The van der Waals surface area contributed by atoms with Gasteiger partial charge >= 0.3 is 0 Å². The van der Waals surface area contributed by atoms with Crippen LogP contribution in [0.15, 0.2) is 30.3 Å². The predicted octanol–water partition coefficient (Wildman–Crippen LogP) is 1.14. The van der Waals surface area contributed by atoms with Crippen LogP contribution in [-0.2, 0) is 6.42 Å². The van der Waals surface area contributed by atoms with Crippen LogP contribution >= 0.6 is 0 Å². The summed E-state index contributed by atoms with van der Waals surface area (Å²) < 4.78 is 0. The number of benzene rings is 1. The molecule has 2 atom stereocenters. The van der Waals surface area contributed by atoms with E-state index < -0.39 is 5.60 Å². The van der Waals surface area contributed by atoms with Crippen molar-refractivity contribution in [1.29, 1.82) is 0 Å². The Morgan fingerprint density at radius 1 is 1.46 bits per heavy atom. The molecule has 2 heteroatoms. The Morgan fingerprint density at radius 2 is 2.00 bits per heavy atom. The summed E-state index contributed by atoms with van der Waals surface area (Å²) in [5.41, 5.74) is 5.83. The minimum Gasteiger partial charge on any atom is -0.389 e. The fourth-order valence-electron chi connectivity index (χ4n) is 1.09. The largest absolute Gasteiger partial charge is 0.389 e. The Labute approximate surface area is 79.4 Å². The van der Waals surface area contributed by atoms with Crippen molar-refractivity contribution in [2.75, 3.05) is 0 Å². The maximum absolute atomic E-state index is 9.51. The van der Waals surface area contributed by atoms with Gasteiger partial charge in [0, 0.05) is 6.04 Å². The first-order valence-corrected chi connectivity index (χ1v) is 4.37. The van der Waals surface area contributed by atoms with E-state index in [1.807, 2.05) is 30.3 Å². The number of rotatable bonds is 3. The van der Waals surface area contributed by atoms with Crippen LogP contribution in [-0.4, -0.2) is 16.7 Å². The number of nitrogens with two attached hydrogens (primary N) is 1. The van der Waals surface area contributed by atoms with Crippen LogP contribution in [0, 0.1) is 6.92 Å². The molecule has 2 unspecified atom stereocenters. The summed E-state index contributed by atoms with van der Waals surface area (Å²) in [5.74, 6) is 0. The fraction of sp³-hybridized carbons (Fsp3) is 0.364. The summed E-state index contributed by atoms with van der Waals surface area (Å²) >= 11 is 0. The summed E-state index contributed by atoms with van der Waals surface area (Å²) in [6, 6.07) is 9.53. The van der Waals surface area contributed by atoms with E-state index in [-0.39, 0.29) is 6.04 Å². The van der Waals surface area contributed by atoms with E-state index in [2.05, 4.69) is 6.92 Å². The number of hydrogen-bond acceptors (Lipinski definition) is 2. The molecule has 0 amide bonds. The van der Waals surface area contributed by atoms with Crippen LogP contribution < -0.4 is 5.73 Å². The SMILES string of the molecule is [CH2]C(C)(O)C(N)Cc1ccccc1. The summed E-state index contributed by atoms with van der Waals surface area (Å²) in [5, 5.41) is 9.51. The zero-order valence-electron chi connectivity index (χ0n) is 7.90. The van der Waals surface area contributed by atoms with Gasteiger partial charge in [-0.2, -0.15) is 0 Å². The maximum Gasteiger partial charge on any atom is 0.0774 e. The van der Waals surface area contributed by atoms with Crippen molar-refractivity contribution in [2.24, 2.45) is 5.73 Å². The Balaban J connectivity index is 2.61. The lowest BCUT2D eigenvalue weighted by molar-refractivity contribution is 0.0791. The molecule has 1 radical (unpaired) electrons. The van der Waals surface area contributed by atoms with Gasteiger partial charge in [0.1, 0.15) is 0 Å². The van der Waals surface area contributed by atoms with E-state index in [1.165, 1.54) is 0 Å². The van der Waals surface area contributed by atoms with Gasteiger partial charge in [-0.1, -0.05) is 30.3 Å². The van der Waals surface area contributed by atoms with Gasteiger partial charge in [-0.3, -0.25) is 0 Å². The summed E-state index contributed by atoms with van der Waals surface area (Å²) in [4.78, 5) is 0. The van der Waals surface area contributed by atoms with Crippen molar-refractivity contribution in [3.8, 4) is 0 Å². The predicted molar refractivity (Wildman–Crippen MR) is 54.1 cm³/mol. The van der Waals surface area contributed by atoms with Crippen molar-refractivity contribution in [2.45, 2.75) is 25.0 Å². The van der Waals surface area contributed by atoms with Gasteiger partial charge in [0.15, 0.2) is 0 Å². The van der Waals surface area contributed by atoms with E-state index >= 15 is 0 Å². The minimum atomic E-state index is -1.06. The molecule has 3 N–H and O–H groups in total. The first-order chi connectivity index (χ1) is 6.00. The topological polar surface area (TPSA) is 46.2 Å². The monoisotopic (exact) mass is 178 g/mol. The Bertz CT molecular complexity index is 251. The van der Waals surface area contributed by atoms with Gasteiger partial charge in [-0.15, -0.1) is 0 Å². The molecule has 71 valence electrons. The Kier molecular flexibility index (Phi) is 3.07. The molecule has 2 nitrogen and oxygen atoms in total. The second-order valence-electron chi connectivity index (χ2n) is 3.65. The van der Waals surface area contributed by atoms with Crippen molar-refractivity contribution < 1.29 is 5.11 Å². The van der Waals surface area contributed by atoms with Gasteiger partial charge < -0.3 is 10.8 Å². The smallest absolute Gasteiger partial charge is 0.0774 e. The summed E-state index contributed by atoms with van der Waals surface area (Å²) in [6.07, 6.45) is 0.650. The molecular formula is C11H16NO. The van der Waals surface area contributed by atoms with E-state index in [9.17, 15) is 5.11 Å². The molecule has 0 spiro atoms. The molecule has 0 heterocycles. The highest BCUT2D eigenvalue weighted by atomic mass is 16.3. The molecule has 0 fully saturated rings. The molecular weight excluding hydrogens is 162 g/mol. The molecule has 0 aliphatic rings. The van der Waals surface area contributed by atoms with E-state index in [0.717, 1.165) is 5.56 Å². The lowest BCUT2D eigenvalue weighted by Crippen LogP contribution is -2.44. The lowest BCUT2D eigenvalue weighted by Gasteiger charge is -2.25. The van der Waals surface area contributed by atoms with Crippen molar-refractivity contribution in [3.05, 3.63) is 42.8 Å². The average Bonchev–Trinajstić information content (AvgIpc) is 2.04. The zero-order valence-corrected chi connectivity index (χ0v) is 7.90. The van der Waals surface area contributed by atoms with Crippen molar-refractivity contribution >= 4 is 0 Å². The third-order valence-corrected chi connectivity index (χ3v) is 2.10. The van der Waals surface area contributed by atoms with Gasteiger partial charge in [0.25, 0.3) is 0 Å². The molecule has 0 bridgehead atoms. The average molecular weight is 178 g/mol. The third-order valence-electron chi connectivity index (χ3n) is 2.10. The normalized spacial score (nSPS) is 14.2. The van der Waals surface area contributed by atoms with E-state index in [1.54, 1.807) is 6.92 Å². The highest BCUT2D eigenvalue weighted by Gasteiger charge is 2.22. The van der Waals surface area contributed by atoms with Crippen LogP contribution in [0.5, 0.6) is 0 Å². The van der Waals surface area contributed by atoms with Crippen molar-refractivity contribution in [3.63, 3.8) is 0 Å². The van der Waals surface area contributed by atoms with Crippen LogP contribution in [0.1, 0.15) is 12.5 Å². The number of hydrogen-bond donors (Lipinski definition) is 2. The van der Waals surface area contributed by atoms with Gasteiger partial charge in [0.05, 0.1) is 5.60 Å². The molecule has 1 rings (SSSR count). The van der Waals surface area contributed by atoms with Crippen molar-refractivity contribution in [1.82, 2.24) is 0 Å². The van der Waals surface area contributed by atoms with E-state index in [4.69, 9.17) is 5.73 Å². The minimum absolute atomic E-state index is 0.324. The van der Waals surface area contributed by atoms with Gasteiger partial charge in [0.2, 0.25) is 0 Å². The van der Waals surface area contributed by atoms with Crippen LogP contribution in [0.3, 0.4) is 0 Å². The van der Waals surface area contributed by atoms with E-state index in [0.29, 0.717) is 6.42 Å². The molecule has 1 aromatic carbocycles. The third kappa shape index (κ3) is 3.17. The molecule has 1 aromatic rings. The highest BCUT2D eigenvalue weighted by Crippen LogP contribution is 2.11. The maximum atomic E-state index is 9.51. The molecule has 13 heavy (non-hydrogen) atoms. The van der Waals surface area contributed by atoms with Crippen LogP contribution in [0.4, 0.5) is 0 Å². The Hall–Kier alpha value is -0.860. The Morgan fingerprint density at radius 3 is 2.46 bits per heavy atom. The number of aliphatic hydroxyl groups is 1. The fourth-order valence-corrected chi connectivity index (χ4v) is 1.09. The molecule has 0 saturated carbocycles.